The number of aliphatic carboxylic acids is 1. The lowest BCUT2D eigenvalue weighted by Crippen LogP contribution is -2.53. The van der Waals surface area contributed by atoms with Crippen molar-refractivity contribution < 1.29 is 84.5 Å². The van der Waals surface area contributed by atoms with Crippen molar-refractivity contribution in [3.05, 3.63) is 94.0 Å². The second kappa shape index (κ2) is 26.9. The van der Waals surface area contributed by atoms with Gasteiger partial charge in [0, 0.05) is 37.5 Å². The number of carboxylic acids is 1. The van der Waals surface area contributed by atoms with Crippen molar-refractivity contribution in [1.29, 1.82) is 0 Å². The minimum Gasteiger partial charge on any atom is -0.493 e. The molecular formula is C54H70F3N2O14+. The first-order chi connectivity index (χ1) is 34.9. The van der Waals surface area contributed by atoms with Gasteiger partial charge in [0.05, 0.1) is 103 Å². The molecule has 0 aliphatic carbocycles. The molecule has 0 aromatic heterocycles. The van der Waals surface area contributed by atoms with Gasteiger partial charge >= 0.3 is 24.1 Å². The quantitative estimate of drug-likeness (QED) is 0.0403. The Morgan fingerprint density at radius 3 is 1.52 bits per heavy atom. The molecule has 0 saturated carbocycles. The van der Waals surface area contributed by atoms with E-state index in [0.29, 0.717) is 102 Å². The summed E-state index contributed by atoms with van der Waals surface area (Å²) < 4.78 is 88.7. The molecule has 0 bridgehead atoms. The molecule has 0 spiro atoms. The number of unbranched alkanes of at least 4 members (excludes halogenated alkanes) is 2. The van der Waals surface area contributed by atoms with Gasteiger partial charge in [0.1, 0.15) is 6.04 Å². The molecule has 2 heterocycles. The highest BCUT2D eigenvalue weighted by Crippen LogP contribution is 2.44. The van der Waals surface area contributed by atoms with Crippen LogP contribution in [-0.2, 0) is 49.5 Å². The van der Waals surface area contributed by atoms with E-state index in [2.05, 4.69) is 48.3 Å². The predicted molar refractivity (Wildman–Crippen MR) is 265 cm³/mol. The summed E-state index contributed by atoms with van der Waals surface area (Å²) in [5.41, 5.74) is 6.93. The van der Waals surface area contributed by atoms with Crippen molar-refractivity contribution in [3.8, 4) is 46.0 Å². The van der Waals surface area contributed by atoms with Crippen molar-refractivity contribution in [3.63, 3.8) is 0 Å². The molecule has 0 radical (unpaired) electrons. The van der Waals surface area contributed by atoms with Crippen molar-refractivity contribution >= 4 is 17.9 Å². The molecule has 1 N–H and O–H groups in total. The number of likely N-dealkylation sites (N-methyl/N-ethyl adjacent to an activating group) is 1. The Morgan fingerprint density at radius 2 is 1.03 bits per heavy atom. The molecule has 73 heavy (non-hydrogen) atoms. The highest BCUT2D eigenvalue weighted by Gasteiger charge is 2.41. The number of fused-ring (bicyclic) bond motifs is 2. The van der Waals surface area contributed by atoms with Gasteiger partial charge in [-0.15, -0.1) is 0 Å². The van der Waals surface area contributed by atoms with E-state index < -0.39 is 12.1 Å². The van der Waals surface area contributed by atoms with Gasteiger partial charge in [-0.05, 0) is 108 Å². The molecular weight excluding hydrogens is 958 g/mol. The van der Waals surface area contributed by atoms with E-state index in [9.17, 15) is 22.8 Å². The molecule has 2 aliphatic heterocycles. The number of rotatable bonds is 24. The molecule has 0 unspecified atom stereocenters. The number of quaternary nitrogens is 1. The van der Waals surface area contributed by atoms with Crippen LogP contribution in [0, 0.1) is 0 Å². The zero-order chi connectivity index (χ0) is 53.3. The summed E-state index contributed by atoms with van der Waals surface area (Å²) in [7, 11) is 15.4. The monoisotopic (exact) mass is 1030 g/mol. The molecule has 19 heteroatoms. The van der Waals surface area contributed by atoms with Crippen LogP contribution in [0.3, 0.4) is 0 Å². The largest absolute Gasteiger partial charge is 0.493 e. The standard InChI is InChI=1S/C52H69N2O12.C2HF3O2/c1-54(23-19-38-32-48(62-7)50(64-9)34-40(38)42(54)28-36-14-16-44(58-3)46(30-36)60-5)24-20-52(56)66-26-12-10-11-25-65-51(55)18-22-53-21-17-37-31-47(61-6)49(63-8)33-39(37)41(53)27-35-13-15-43(57-2)45(29-35)59-4;3-2(4,5)1(6)7/h13-16,29-34,41-42H,10-12,17-28H2,1-9H3;(H,6,7)/q+1;/t41-,42-,54-;/m1./s1. The van der Waals surface area contributed by atoms with Gasteiger partial charge in [-0.25, -0.2) is 4.79 Å². The number of benzene rings is 4. The molecule has 6 rings (SSSR count). The van der Waals surface area contributed by atoms with Crippen molar-refractivity contribution in [2.75, 3.05) is 103 Å². The molecule has 4 aromatic rings. The Morgan fingerprint density at radius 1 is 0.589 bits per heavy atom. The van der Waals surface area contributed by atoms with Crippen molar-refractivity contribution in [2.45, 2.75) is 76.0 Å². The highest BCUT2D eigenvalue weighted by atomic mass is 19.4. The van der Waals surface area contributed by atoms with Crippen LogP contribution < -0.4 is 37.9 Å². The molecule has 0 saturated heterocycles. The number of hydrogen-bond donors (Lipinski definition) is 1. The van der Waals surface area contributed by atoms with E-state index in [-0.39, 0.29) is 30.4 Å². The summed E-state index contributed by atoms with van der Waals surface area (Å²) in [5.74, 6) is 2.25. The fourth-order valence-electron chi connectivity index (χ4n) is 9.46. The fourth-order valence-corrected chi connectivity index (χ4v) is 9.46. The number of hydrogen-bond acceptors (Lipinski definition) is 14. The van der Waals surface area contributed by atoms with Crippen LogP contribution in [0.5, 0.6) is 46.0 Å². The summed E-state index contributed by atoms with van der Waals surface area (Å²) in [6.45, 7) is 3.43. The van der Waals surface area contributed by atoms with Gasteiger partial charge in [-0.3, -0.25) is 14.5 Å². The van der Waals surface area contributed by atoms with Crippen LogP contribution in [0.2, 0.25) is 0 Å². The number of carbonyl (C=O) groups is 3. The number of ether oxygens (including phenoxy) is 10. The predicted octanol–water partition coefficient (Wildman–Crippen LogP) is 8.55. The number of carboxylic acid groups (broad SMARTS) is 1. The Balaban J connectivity index is 0.00000131. The lowest BCUT2D eigenvalue weighted by atomic mass is 9.86. The molecule has 3 atom stereocenters. The number of methoxy groups -OCH3 is 8. The summed E-state index contributed by atoms with van der Waals surface area (Å²) >= 11 is 0. The van der Waals surface area contributed by atoms with Crippen LogP contribution >= 0.6 is 0 Å². The maximum Gasteiger partial charge on any atom is 0.490 e. The maximum absolute atomic E-state index is 13.2. The van der Waals surface area contributed by atoms with Crippen LogP contribution in [0.1, 0.15) is 77.6 Å². The van der Waals surface area contributed by atoms with Gasteiger partial charge in [-0.2, -0.15) is 13.2 Å². The average Bonchev–Trinajstić information content (AvgIpc) is 3.39. The van der Waals surface area contributed by atoms with E-state index in [1.54, 1.807) is 56.9 Å². The van der Waals surface area contributed by atoms with Crippen LogP contribution in [-0.4, -0.2) is 142 Å². The van der Waals surface area contributed by atoms with E-state index in [4.69, 9.17) is 57.3 Å². The summed E-state index contributed by atoms with van der Waals surface area (Å²) in [6.07, 6.45) is 0.689. The van der Waals surface area contributed by atoms with E-state index in [1.807, 2.05) is 24.3 Å². The van der Waals surface area contributed by atoms with Gasteiger partial charge in [0.25, 0.3) is 0 Å². The zero-order valence-corrected chi connectivity index (χ0v) is 43.3. The zero-order valence-electron chi connectivity index (χ0n) is 43.3. The third kappa shape index (κ3) is 15.2. The third-order valence-corrected chi connectivity index (χ3v) is 13.5. The van der Waals surface area contributed by atoms with Gasteiger partial charge in [0.15, 0.2) is 46.0 Å². The first-order valence-corrected chi connectivity index (χ1v) is 24.1. The lowest BCUT2D eigenvalue weighted by molar-refractivity contribution is -0.940. The smallest absolute Gasteiger partial charge is 0.490 e. The van der Waals surface area contributed by atoms with E-state index in [0.717, 1.165) is 55.5 Å². The normalized spacial score (nSPS) is 17.1. The Labute approximate surface area is 425 Å². The topological polar surface area (TPSA) is 167 Å². The lowest BCUT2D eigenvalue weighted by Gasteiger charge is -2.46. The Bertz CT molecular complexity index is 2490. The third-order valence-electron chi connectivity index (χ3n) is 13.5. The van der Waals surface area contributed by atoms with E-state index in [1.165, 1.54) is 16.7 Å². The Kier molecular flexibility index (Phi) is 21.1. The van der Waals surface area contributed by atoms with Crippen molar-refractivity contribution in [1.82, 2.24) is 4.90 Å². The Hall–Kier alpha value is -6.60. The number of esters is 2. The van der Waals surface area contributed by atoms with E-state index >= 15 is 0 Å². The number of halogens is 3. The van der Waals surface area contributed by atoms with Gasteiger partial charge < -0.3 is 57.0 Å². The number of nitrogens with zero attached hydrogens (tertiary/aromatic N) is 2. The molecule has 2 aliphatic rings. The summed E-state index contributed by atoms with van der Waals surface area (Å²) in [4.78, 5) is 37.5. The minimum absolute atomic E-state index is 0.0116. The van der Waals surface area contributed by atoms with Gasteiger partial charge in [-0.1, -0.05) is 12.1 Å². The van der Waals surface area contributed by atoms with Crippen LogP contribution in [0.4, 0.5) is 13.2 Å². The molecule has 16 nitrogen and oxygen atoms in total. The number of alkyl halides is 3. The molecule has 400 valence electrons. The second-order valence-corrected chi connectivity index (χ2v) is 17.9. The molecule has 0 amide bonds. The maximum atomic E-state index is 13.2. The average molecular weight is 1030 g/mol. The molecule has 4 aromatic carbocycles. The minimum atomic E-state index is -5.08. The van der Waals surface area contributed by atoms with Gasteiger partial charge in [0.2, 0.25) is 0 Å². The number of carbonyl (C=O) groups excluding carboxylic acids is 2. The first kappa shape index (κ1) is 57.3. The second-order valence-electron chi connectivity index (χ2n) is 17.9. The fraction of sp³-hybridized carbons (Fsp3) is 0.500. The van der Waals surface area contributed by atoms with Crippen LogP contribution in [0.25, 0.3) is 0 Å². The van der Waals surface area contributed by atoms with Crippen molar-refractivity contribution in [2.24, 2.45) is 0 Å². The van der Waals surface area contributed by atoms with Crippen LogP contribution in [0.15, 0.2) is 60.7 Å². The summed E-state index contributed by atoms with van der Waals surface area (Å²) in [6, 6.07) is 20.3. The summed E-state index contributed by atoms with van der Waals surface area (Å²) in [5, 5.41) is 7.12. The molecule has 0 fully saturated rings. The highest BCUT2D eigenvalue weighted by molar-refractivity contribution is 5.73. The SMILES string of the molecule is COc1ccc(C[C@@H]2c3cc(OC)c(OC)cc3CCN2CCC(=O)OCCCCCOC(=O)CC[N@@+]2(C)CCc3cc(OC)c(OC)cc3[C@H]2Cc2ccc(OC)c(OC)c2)cc1OC.O=C(O)C(F)(F)F. The first-order valence-electron chi connectivity index (χ1n) is 24.1.